The van der Waals surface area contributed by atoms with Crippen molar-refractivity contribution in [1.29, 1.82) is 5.26 Å². The zero-order valence-corrected chi connectivity index (χ0v) is 13.3. The van der Waals surface area contributed by atoms with Crippen molar-refractivity contribution in [2.24, 2.45) is 0 Å². The molecule has 2 aromatic rings. The van der Waals surface area contributed by atoms with E-state index in [0.717, 1.165) is 11.1 Å². The first-order chi connectivity index (χ1) is 10.7. The van der Waals surface area contributed by atoms with Gasteiger partial charge in [0.2, 0.25) is 0 Å². The van der Waals surface area contributed by atoms with Crippen molar-refractivity contribution in [2.45, 2.75) is 45.6 Å². The molecule has 0 spiro atoms. The molecule has 1 heterocycles. The Morgan fingerprint density at radius 3 is 2.50 bits per heavy atom. The van der Waals surface area contributed by atoms with Crippen LogP contribution < -0.4 is 0 Å². The molecular formula is C20H22N2. The molecule has 1 aliphatic carbocycles. The predicted octanol–water partition coefficient (Wildman–Crippen LogP) is 5.28. The molecule has 0 saturated heterocycles. The van der Waals surface area contributed by atoms with E-state index in [1.165, 1.54) is 42.6 Å². The predicted molar refractivity (Wildman–Crippen MR) is 91.3 cm³/mol. The Labute approximate surface area is 132 Å². The van der Waals surface area contributed by atoms with Crippen molar-refractivity contribution in [1.82, 2.24) is 4.57 Å². The summed E-state index contributed by atoms with van der Waals surface area (Å²) in [5.74, 6) is 0. The maximum Gasteiger partial charge on any atom is 0.0998 e. The van der Waals surface area contributed by atoms with Crippen molar-refractivity contribution in [3.63, 3.8) is 0 Å². The molecule has 0 radical (unpaired) electrons. The van der Waals surface area contributed by atoms with Gasteiger partial charge in [0.1, 0.15) is 0 Å². The van der Waals surface area contributed by atoms with Crippen LogP contribution >= 0.6 is 0 Å². The van der Waals surface area contributed by atoms with Crippen molar-refractivity contribution in [2.75, 3.05) is 0 Å². The van der Waals surface area contributed by atoms with Crippen LogP contribution in [0.1, 0.15) is 54.2 Å². The Hall–Kier alpha value is -2.27. The third-order valence-corrected chi connectivity index (χ3v) is 4.72. The fraction of sp³-hybridized carbons (Fsp3) is 0.350. The normalized spacial score (nSPS) is 16.0. The molecule has 112 valence electrons. The topological polar surface area (TPSA) is 28.7 Å². The highest BCUT2D eigenvalue weighted by molar-refractivity contribution is 5.90. The van der Waals surface area contributed by atoms with E-state index in [4.69, 9.17) is 0 Å². The third-order valence-electron chi connectivity index (χ3n) is 4.72. The van der Waals surface area contributed by atoms with Gasteiger partial charge in [0, 0.05) is 17.4 Å². The molecule has 1 aliphatic rings. The molecule has 1 fully saturated rings. The smallest absolute Gasteiger partial charge is 0.0998 e. The van der Waals surface area contributed by atoms with Gasteiger partial charge in [-0.2, -0.15) is 5.26 Å². The minimum atomic E-state index is 0.643. The summed E-state index contributed by atoms with van der Waals surface area (Å²) in [4.78, 5) is 0. The molecule has 2 nitrogen and oxygen atoms in total. The number of aryl methyl sites for hydroxylation is 1. The van der Waals surface area contributed by atoms with E-state index in [9.17, 15) is 5.26 Å². The lowest BCUT2D eigenvalue weighted by Crippen LogP contribution is -2.08. The number of aromatic nitrogens is 1. The average Bonchev–Trinajstić information content (AvgIpc) is 3.14. The average molecular weight is 290 g/mol. The summed E-state index contributed by atoms with van der Waals surface area (Å²) in [6.45, 7) is 4.36. The molecule has 3 rings (SSSR count). The van der Waals surface area contributed by atoms with E-state index in [2.05, 4.69) is 30.6 Å². The van der Waals surface area contributed by atoms with E-state index in [1.807, 2.05) is 36.4 Å². The van der Waals surface area contributed by atoms with Gasteiger partial charge in [-0.25, -0.2) is 0 Å². The van der Waals surface area contributed by atoms with Crippen molar-refractivity contribution >= 4 is 11.6 Å². The van der Waals surface area contributed by atoms with Crippen molar-refractivity contribution in [3.05, 3.63) is 58.9 Å². The van der Waals surface area contributed by atoms with Crippen LogP contribution in [0.4, 0.5) is 0 Å². The quantitative estimate of drug-likeness (QED) is 0.706. The highest BCUT2D eigenvalue weighted by Gasteiger charge is 2.20. The standard InChI is InChI=1S/C20H22N2/c1-15-12-18(16(2)22(15)20-10-6-7-11-20)13-19(14-21)17-8-4-3-5-9-17/h3-5,8-9,12-13,20H,6-7,10-11H2,1-2H3/b19-13+. The van der Waals surface area contributed by atoms with Gasteiger partial charge in [-0.15, -0.1) is 0 Å². The summed E-state index contributed by atoms with van der Waals surface area (Å²) >= 11 is 0. The van der Waals surface area contributed by atoms with Crippen LogP contribution in [-0.4, -0.2) is 4.57 Å². The maximum absolute atomic E-state index is 9.49. The summed E-state index contributed by atoms with van der Waals surface area (Å²) in [6.07, 6.45) is 7.26. The molecule has 0 N–H and O–H groups in total. The van der Waals surface area contributed by atoms with Gasteiger partial charge in [-0.05, 0) is 50.0 Å². The highest BCUT2D eigenvalue weighted by Crippen LogP contribution is 2.34. The lowest BCUT2D eigenvalue weighted by molar-refractivity contribution is 0.500. The Balaban J connectivity index is 2.00. The van der Waals surface area contributed by atoms with Gasteiger partial charge >= 0.3 is 0 Å². The monoisotopic (exact) mass is 290 g/mol. The first-order valence-corrected chi connectivity index (χ1v) is 8.06. The first kappa shape index (κ1) is 14.7. The van der Waals surface area contributed by atoms with Crippen molar-refractivity contribution in [3.8, 4) is 6.07 Å². The van der Waals surface area contributed by atoms with Crippen LogP contribution in [-0.2, 0) is 0 Å². The second-order valence-electron chi connectivity index (χ2n) is 6.17. The van der Waals surface area contributed by atoms with Gasteiger partial charge in [0.05, 0.1) is 11.6 Å². The number of nitrogens with zero attached hydrogens (tertiary/aromatic N) is 2. The number of allylic oxidation sites excluding steroid dienone is 1. The molecule has 0 amide bonds. The molecule has 22 heavy (non-hydrogen) atoms. The molecule has 1 aromatic heterocycles. The van der Waals surface area contributed by atoms with Crippen LogP contribution in [0.3, 0.4) is 0 Å². The number of hydrogen-bond acceptors (Lipinski definition) is 1. The van der Waals surface area contributed by atoms with Gasteiger partial charge < -0.3 is 4.57 Å². The fourth-order valence-electron chi connectivity index (χ4n) is 3.63. The Kier molecular flexibility index (Phi) is 4.15. The molecule has 2 heteroatoms. The van der Waals surface area contributed by atoms with Gasteiger partial charge in [-0.3, -0.25) is 0 Å². The molecule has 0 unspecified atom stereocenters. The first-order valence-electron chi connectivity index (χ1n) is 8.06. The highest BCUT2D eigenvalue weighted by atomic mass is 15.0. The molecule has 1 aromatic carbocycles. The summed E-state index contributed by atoms with van der Waals surface area (Å²) in [6, 6.07) is 15.1. The molecule has 0 bridgehead atoms. The summed E-state index contributed by atoms with van der Waals surface area (Å²) < 4.78 is 2.47. The summed E-state index contributed by atoms with van der Waals surface area (Å²) in [5.41, 5.74) is 5.47. The number of benzene rings is 1. The van der Waals surface area contributed by atoms with Crippen LogP contribution in [0.5, 0.6) is 0 Å². The van der Waals surface area contributed by atoms with E-state index < -0.39 is 0 Å². The number of rotatable bonds is 3. The number of nitriles is 1. The van der Waals surface area contributed by atoms with Crippen LogP contribution in [0.25, 0.3) is 11.6 Å². The molecule has 0 atom stereocenters. The molecule has 0 aliphatic heterocycles. The van der Waals surface area contributed by atoms with E-state index >= 15 is 0 Å². The zero-order valence-electron chi connectivity index (χ0n) is 13.3. The SMILES string of the molecule is Cc1cc(/C=C(\C#N)c2ccccc2)c(C)n1C1CCCC1. The maximum atomic E-state index is 9.49. The largest absolute Gasteiger partial charge is 0.346 e. The summed E-state index contributed by atoms with van der Waals surface area (Å²) in [7, 11) is 0. The Morgan fingerprint density at radius 1 is 1.18 bits per heavy atom. The van der Waals surface area contributed by atoms with Gasteiger partial charge in [0.25, 0.3) is 0 Å². The summed E-state index contributed by atoms with van der Waals surface area (Å²) in [5, 5.41) is 9.49. The second kappa shape index (κ2) is 6.23. The third kappa shape index (κ3) is 2.72. The fourth-order valence-corrected chi connectivity index (χ4v) is 3.63. The Morgan fingerprint density at radius 2 is 1.86 bits per heavy atom. The lowest BCUT2D eigenvalue weighted by Gasteiger charge is -2.17. The van der Waals surface area contributed by atoms with Gasteiger partial charge in [-0.1, -0.05) is 43.2 Å². The minimum Gasteiger partial charge on any atom is -0.346 e. The minimum absolute atomic E-state index is 0.643. The lowest BCUT2D eigenvalue weighted by atomic mass is 10.0. The van der Waals surface area contributed by atoms with E-state index in [-0.39, 0.29) is 0 Å². The Bertz CT molecular complexity index is 723. The van der Waals surface area contributed by atoms with E-state index in [1.54, 1.807) is 0 Å². The van der Waals surface area contributed by atoms with Crippen LogP contribution in [0.2, 0.25) is 0 Å². The van der Waals surface area contributed by atoms with Gasteiger partial charge in [0.15, 0.2) is 0 Å². The number of hydrogen-bond donors (Lipinski definition) is 0. The van der Waals surface area contributed by atoms with Crippen LogP contribution in [0.15, 0.2) is 36.4 Å². The van der Waals surface area contributed by atoms with Crippen molar-refractivity contribution < 1.29 is 0 Å². The molecule has 1 saturated carbocycles. The zero-order chi connectivity index (χ0) is 15.5. The van der Waals surface area contributed by atoms with Crippen LogP contribution in [0, 0.1) is 25.2 Å². The van der Waals surface area contributed by atoms with E-state index in [0.29, 0.717) is 6.04 Å². The molecular weight excluding hydrogens is 268 g/mol. The second-order valence-corrected chi connectivity index (χ2v) is 6.17.